The summed E-state index contributed by atoms with van der Waals surface area (Å²) in [7, 11) is 0. The molecule has 1 saturated carbocycles. The van der Waals surface area contributed by atoms with E-state index in [0.717, 1.165) is 25.7 Å². The molecule has 0 heterocycles. The number of nitrogens with zero attached hydrogens (tertiary/aromatic N) is 1. The number of benzene rings is 3. The molecule has 1 fully saturated rings. The van der Waals surface area contributed by atoms with E-state index in [9.17, 15) is 19.2 Å². The molecule has 0 radical (unpaired) electrons. The van der Waals surface area contributed by atoms with Crippen molar-refractivity contribution in [3.8, 4) is 5.75 Å². The van der Waals surface area contributed by atoms with Crippen LogP contribution in [0.1, 0.15) is 58.4 Å². The van der Waals surface area contributed by atoms with E-state index in [1.165, 1.54) is 18.7 Å². The van der Waals surface area contributed by atoms with Crippen molar-refractivity contribution in [2.75, 3.05) is 5.32 Å². The molecule has 3 N–H and O–H groups in total. The van der Waals surface area contributed by atoms with E-state index >= 15 is 0 Å². The highest BCUT2D eigenvalue weighted by Gasteiger charge is 2.21. The van der Waals surface area contributed by atoms with Crippen molar-refractivity contribution in [2.24, 2.45) is 5.10 Å². The number of anilines is 1. The minimum absolute atomic E-state index is 0.108. The van der Waals surface area contributed by atoms with Crippen molar-refractivity contribution in [1.82, 2.24) is 10.7 Å². The number of ether oxygens (including phenoxy) is 1. The smallest absolute Gasteiger partial charge is 0.343 e. The number of hydrogen-bond donors (Lipinski definition) is 3. The van der Waals surface area contributed by atoms with Crippen LogP contribution in [0.5, 0.6) is 5.75 Å². The van der Waals surface area contributed by atoms with Gasteiger partial charge in [-0.2, -0.15) is 5.10 Å². The summed E-state index contributed by atoms with van der Waals surface area (Å²) in [6.07, 6.45) is 6.51. The van der Waals surface area contributed by atoms with E-state index in [1.807, 2.05) is 0 Å². The summed E-state index contributed by atoms with van der Waals surface area (Å²) in [5.41, 5.74) is 3.58. The third-order valence-electron chi connectivity index (χ3n) is 6.10. The lowest BCUT2D eigenvalue weighted by molar-refractivity contribution is -0.136. The lowest BCUT2D eigenvalue weighted by Gasteiger charge is -2.23. The lowest BCUT2D eigenvalue weighted by atomic mass is 9.95. The number of para-hydroxylation sites is 1. The molecule has 3 aromatic rings. The number of nitrogens with one attached hydrogen (secondary N) is 3. The van der Waals surface area contributed by atoms with Crippen molar-refractivity contribution in [2.45, 2.75) is 38.1 Å². The first-order valence-corrected chi connectivity index (χ1v) is 12.9. The second-order valence-electron chi connectivity index (χ2n) is 8.98. The molecule has 39 heavy (non-hydrogen) atoms. The van der Waals surface area contributed by atoms with Crippen LogP contribution in [-0.2, 0) is 9.59 Å². The molecule has 10 heteroatoms. The third kappa shape index (κ3) is 7.99. The Hall–Kier alpha value is -4.50. The number of hydrogen-bond acceptors (Lipinski definition) is 6. The minimum atomic E-state index is -0.999. The number of carbonyl (C=O) groups excluding carboxylic acids is 4. The van der Waals surface area contributed by atoms with Gasteiger partial charge in [0.05, 0.1) is 23.0 Å². The summed E-state index contributed by atoms with van der Waals surface area (Å²) in [4.78, 5) is 49.7. The van der Waals surface area contributed by atoms with E-state index in [1.54, 1.807) is 66.7 Å². The fourth-order valence-corrected chi connectivity index (χ4v) is 4.29. The number of halogens is 1. The fourth-order valence-electron chi connectivity index (χ4n) is 4.10. The van der Waals surface area contributed by atoms with Gasteiger partial charge in [-0.05, 0) is 73.0 Å². The van der Waals surface area contributed by atoms with Gasteiger partial charge >= 0.3 is 17.8 Å². The molecular formula is C29H27ClN4O5. The summed E-state index contributed by atoms with van der Waals surface area (Å²) >= 11 is 5.90. The highest BCUT2D eigenvalue weighted by Crippen LogP contribution is 2.20. The first-order valence-electron chi connectivity index (χ1n) is 12.5. The Bertz CT molecular complexity index is 1380. The Morgan fingerprint density at radius 1 is 0.872 bits per heavy atom. The van der Waals surface area contributed by atoms with Crippen LogP contribution < -0.4 is 20.8 Å². The van der Waals surface area contributed by atoms with Crippen LogP contribution >= 0.6 is 11.6 Å². The topological polar surface area (TPSA) is 126 Å². The predicted octanol–water partition coefficient (Wildman–Crippen LogP) is 4.71. The van der Waals surface area contributed by atoms with Crippen LogP contribution in [0.3, 0.4) is 0 Å². The number of rotatable bonds is 7. The van der Waals surface area contributed by atoms with Gasteiger partial charge in [-0.25, -0.2) is 10.2 Å². The van der Waals surface area contributed by atoms with E-state index in [2.05, 4.69) is 21.2 Å². The molecule has 0 spiro atoms. The predicted molar refractivity (Wildman–Crippen MR) is 148 cm³/mol. The normalized spacial score (nSPS) is 13.5. The molecule has 0 aromatic heterocycles. The molecular weight excluding hydrogens is 520 g/mol. The second-order valence-corrected chi connectivity index (χ2v) is 9.41. The Balaban J connectivity index is 1.28. The summed E-state index contributed by atoms with van der Waals surface area (Å²) < 4.78 is 5.32. The third-order valence-corrected chi connectivity index (χ3v) is 6.33. The molecule has 0 atom stereocenters. The van der Waals surface area contributed by atoms with Crippen molar-refractivity contribution in [1.29, 1.82) is 0 Å². The number of hydrazone groups is 1. The first kappa shape index (κ1) is 27.5. The van der Waals surface area contributed by atoms with E-state index < -0.39 is 17.8 Å². The molecule has 4 rings (SSSR count). The molecule has 3 amide bonds. The number of amides is 3. The van der Waals surface area contributed by atoms with E-state index in [0.29, 0.717) is 21.9 Å². The van der Waals surface area contributed by atoms with Gasteiger partial charge < -0.3 is 15.4 Å². The van der Waals surface area contributed by atoms with Crippen LogP contribution in [0, 0.1) is 0 Å². The first-order chi connectivity index (χ1) is 18.9. The standard InChI is InChI=1S/C29H27ClN4O5/c30-21-8-6-7-20(17-21)29(38)39-23-15-13-19(14-16-23)18-31-34-28(37)27(36)33-25-12-5-4-11-24(25)26(35)32-22-9-2-1-3-10-22/h4-8,11-18,22H,1-3,9-10H2,(H,32,35)(H,33,36)(H,34,37)/b31-18-. The summed E-state index contributed by atoms with van der Waals surface area (Å²) in [5.74, 6) is -2.50. The second kappa shape index (κ2) is 13.3. The Labute approximate surface area is 230 Å². The number of esters is 1. The van der Waals surface area contributed by atoms with Crippen LogP contribution in [-0.4, -0.2) is 35.9 Å². The van der Waals surface area contributed by atoms with Gasteiger partial charge in [0, 0.05) is 11.1 Å². The average Bonchev–Trinajstić information content (AvgIpc) is 2.94. The zero-order valence-electron chi connectivity index (χ0n) is 21.0. The van der Waals surface area contributed by atoms with Crippen molar-refractivity contribution >= 4 is 47.2 Å². The molecule has 1 aliphatic rings. The van der Waals surface area contributed by atoms with Crippen LogP contribution in [0.2, 0.25) is 5.02 Å². The number of carbonyl (C=O) groups is 4. The van der Waals surface area contributed by atoms with Gasteiger partial charge in [-0.3, -0.25) is 14.4 Å². The lowest BCUT2D eigenvalue weighted by Crippen LogP contribution is -2.37. The van der Waals surface area contributed by atoms with Crippen LogP contribution in [0.4, 0.5) is 5.69 Å². The van der Waals surface area contributed by atoms with Gasteiger partial charge in [0.15, 0.2) is 0 Å². The van der Waals surface area contributed by atoms with Gasteiger partial charge in [0.2, 0.25) is 0 Å². The maximum Gasteiger partial charge on any atom is 0.343 e. The molecule has 3 aromatic carbocycles. The van der Waals surface area contributed by atoms with Crippen molar-refractivity contribution in [3.63, 3.8) is 0 Å². The monoisotopic (exact) mass is 546 g/mol. The van der Waals surface area contributed by atoms with Gasteiger partial charge in [0.25, 0.3) is 5.91 Å². The maximum atomic E-state index is 12.8. The molecule has 0 bridgehead atoms. The van der Waals surface area contributed by atoms with Crippen molar-refractivity contribution < 1.29 is 23.9 Å². The minimum Gasteiger partial charge on any atom is -0.423 e. The summed E-state index contributed by atoms with van der Waals surface area (Å²) in [6.45, 7) is 0. The average molecular weight is 547 g/mol. The zero-order valence-corrected chi connectivity index (χ0v) is 21.7. The highest BCUT2D eigenvalue weighted by atomic mass is 35.5. The van der Waals surface area contributed by atoms with Gasteiger partial charge in [-0.1, -0.05) is 49.1 Å². The van der Waals surface area contributed by atoms with Gasteiger partial charge in [-0.15, -0.1) is 0 Å². The zero-order chi connectivity index (χ0) is 27.6. The van der Waals surface area contributed by atoms with Crippen LogP contribution in [0.25, 0.3) is 0 Å². The maximum absolute atomic E-state index is 12.8. The largest absolute Gasteiger partial charge is 0.423 e. The summed E-state index contributed by atoms with van der Waals surface area (Å²) in [6, 6.07) is 19.4. The highest BCUT2D eigenvalue weighted by molar-refractivity contribution is 6.40. The quantitative estimate of drug-likeness (QED) is 0.130. The molecule has 0 saturated heterocycles. The Morgan fingerprint density at radius 3 is 2.36 bits per heavy atom. The SMILES string of the molecule is O=C(N/N=C\c1ccc(OC(=O)c2cccc(Cl)c2)cc1)C(=O)Nc1ccccc1C(=O)NC1CCCCC1. The molecule has 0 aliphatic heterocycles. The van der Waals surface area contributed by atoms with Crippen molar-refractivity contribution in [3.05, 3.63) is 94.5 Å². The fraction of sp³-hybridized carbons (Fsp3) is 0.207. The molecule has 1 aliphatic carbocycles. The Kier molecular flexibility index (Phi) is 9.42. The molecule has 0 unspecified atom stereocenters. The van der Waals surface area contributed by atoms with E-state index in [4.69, 9.17) is 16.3 Å². The summed E-state index contributed by atoms with van der Waals surface area (Å²) in [5, 5.41) is 9.71. The molecule has 9 nitrogen and oxygen atoms in total. The van der Waals surface area contributed by atoms with E-state index in [-0.39, 0.29) is 23.2 Å². The van der Waals surface area contributed by atoms with Crippen LogP contribution in [0.15, 0.2) is 77.9 Å². The molecule has 200 valence electrons. The Morgan fingerprint density at radius 2 is 1.62 bits per heavy atom. The van der Waals surface area contributed by atoms with Gasteiger partial charge in [0.1, 0.15) is 5.75 Å².